The summed E-state index contributed by atoms with van der Waals surface area (Å²) in [5, 5.41) is 8.62. The van der Waals surface area contributed by atoms with Crippen molar-refractivity contribution < 1.29 is 0 Å². The predicted molar refractivity (Wildman–Crippen MR) is 167 cm³/mol. The smallest absolute Gasteiger partial charge is 0.179 e. The minimum Gasteiger partial charge on any atom is -0.335 e. The Morgan fingerprint density at radius 1 is 0.850 bits per heavy atom. The first-order valence-corrected chi connectivity index (χ1v) is 14.1. The lowest BCUT2D eigenvalue weighted by molar-refractivity contribution is 0.815. The van der Waals surface area contributed by atoms with Gasteiger partial charge < -0.3 is 10.2 Å². The highest BCUT2D eigenvalue weighted by Gasteiger charge is 2.41. The van der Waals surface area contributed by atoms with Crippen LogP contribution in [0, 0.1) is 20.8 Å². The van der Waals surface area contributed by atoms with Gasteiger partial charge in [0.2, 0.25) is 0 Å². The molecule has 7 heteroatoms. The molecule has 3 heterocycles. The maximum Gasteiger partial charge on any atom is 0.179 e. The largest absolute Gasteiger partial charge is 0.335 e. The van der Waals surface area contributed by atoms with Crippen molar-refractivity contribution in [3.63, 3.8) is 0 Å². The van der Waals surface area contributed by atoms with Crippen molar-refractivity contribution in [1.82, 2.24) is 9.78 Å². The lowest BCUT2D eigenvalue weighted by Crippen LogP contribution is -2.48. The molecular weight excluding hydrogens is 560 g/mol. The van der Waals surface area contributed by atoms with Crippen LogP contribution in [0.1, 0.15) is 34.0 Å². The molecule has 0 fully saturated rings. The Bertz CT molecular complexity index is 1840. The van der Waals surface area contributed by atoms with E-state index in [0.29, 0.717) is 5.84 Å². The van der Waals surface area contributed by atoms with Crippen molar-refractivity contribution in [2.75, 3.05) is 10.2 Å². The van der Waals surface area contributed by atoms with Gasteiger partial charge in [-0.3, -0.25) is 0 Å². The average molecular weight is 588 g/mol. The fourth-order valence-corrected chi connectivity index (χ4v) is 6.04. The Kier molecular flexibility index (Phi) is 5.90. The maximum atomic E-state index is 5.32. The molecule has 1 atom stereocenters. The average Bonchev–Trinajstić information content (AvgIpc) is 3.30. The third-order valence-electron chi connectivity index (χ3n) is 7.43. The van der Waals surface area contributed by atoms with Crippen LogP contribution < -0.4 is 10.2 Å². The summed E-state index contributed by atoms with van der Waals surface area (Å²) in [4.78, 5) is 12.8. The SMILES string of the molecule is Cc1ccc(N=C2Nc3ccccc3N3C2=Nc2c(c(C)nn2-c2ccccc2)[C@H]3c2cccc(Br)c2)c(C)c1. The zero-order chi connectivity index (χ0) is 27.4. The molecule has 40 heavy (non-hydrogen) atoms. The molecule has 0 radical (unpaired) electrons. The summed E-state index contributed by atoms with van der Waals surface area (Å²) >= 11 is 3.71. The molecule has 1 aromatic heterocycles. The van der Waals surface area contributed by atoms with Crippen LogP contribution in [0.15, 0.2) is 112 Å². The number of amidine groups is 2. The Labute approximate surface area is 241 Å². The summed E-state index contributed by atoms with van der Waals surface area (Å²) < 4.78 is 2.98. The molecule has 2 aliphatic rings. The van der Waals surface area contributed by atoms with Gasteiger partial charge in [-0.25, -0.2) is 14.7 Å². The van der Waals surface area contributed by atoms with Gasteiger partial charge >= 0.3 is 0 Å². The van der Waals surface area contributed by atoms with Crippen molar-refractivity contribution >= 4 is 50.5 Å². The van der Waals surface area contributed by atoms with Crippen LogP contribution in [-0.4, -0.2) is 21.5 Å². The second kappa shape index (κ2) is 9.61. The lowest BCUT2D eigenvalue weighted by atomic mass is 9.93. The number of aliphatic imine (C=N–C) groups is 2. The van der Waals surface area contributed by atoms with Gasteiger partial charge in [-0.05, 0) is 74.4 Å². The Morgan fingerprint density at radius 2 is 1.65 bits per heavy atom. The molecule has 0 saturated carbocycles. The number of aryl methyl sites for hydroxylation is 3. The Morgan fingerprint density at radius 3 is 2.45 bits per heavy atom. The second-order valence-electron chi connectivity index (χ2n) is 10.2. The standard InChI is InChI=1S/C33H27BrN6/c1-20-16-17-26(21(2)18-20)35-31-33-37-32-29(22(3)38-40(32)25-12-5-4-6-13-25)30(23-10-9-11-24(34)19-23)39(33)28-15-8-7-14-27(28)36-31/h4-19,30H,1-3H3,(H,35,36)/t30-/m1/s1. The molecule has 0 spiro atoms. The summed E-state index contributed by atoms with van der Waals surface area (Å²) in [5.74, 6) is 2.28. The normalized spacial score (nSPS) is 16.6. The molecular formula is C33H27BrN6. The number of nitrogens with one attached hydrogen (secondary N) is 1. The van der Waals surface area contributed by atoms with E-state index in [-0.39, 0.29) is 6.04 Å². The van der Waals surface area contributed by atoms with Gasteiger partial charge in [0.1, 0.15) is 0 Å². The van der Waals surface area contributed by atoms with E-state index in [1.807, 2.05) is 28.9 Å². The topological polar surface area (TPSA) is 57.8 Å². The zero-order valence-corrected chi connectivity index (χ0v) is 24.0. The number of hydrogen-bond acceptors (Lipinski definition) is 4. The molecule has 4 aromatic carbocycles. The van der Waals surface area contributed by atoms with Crippen LogP contribution in [0.3, 0.4) is 0 Å². The second-order valence-corrected chi connectivity index (χ2v) is 11.1. The van der Waals surface area contributed by atoms with E-state index in [1.54, 1.807) is 0 Å². The minimum absolute atomic E-state index is 0.162. The number of aromatic nitrogens is 2. The van der Waals surface area contributed by atoms with Crippen molar-refractivity contribution in [1.29, 1.82) is 0 Å². The van der Waals surface area contributed by atoms with Crippen molar-refractivity contribution in [3.05, 3.63) is 129 Å². The Hall–Kier alpha value is -4.49. The van der Waals surface area contributed by atoms with Crippen LogP contribution in [0.2, 0.25) is 0 Å². The molecule has 0 bridgehead atoms. The number of nitrogens with zero attached hydrogens (tertiary/aromatic N) is 5. The molecule has 0 aliphatic carbocycles. The van der Waals surface area contributed by atoms with Crippen LogP contribution in [0.4, 0.5) is 22.9 Å². The summed E-state index contributed by atoms with van der Waals surface area (Å²) in [6.07, 6.45) is 0. The first kappa shape index (κ1) is 24.5. The monoisotopic (exact) mass is 586 g/mol. The fourth-order valence-electron chi connectivity index (χ4n) is 5.62. The molecule has 1 N–H and O–H groups in total. The fraction of sp³-hybridized carbons (Fsp3) is 0.121. The van der Waals surface area contributed by atoms with Gasteiger partial charge in [0.15, 0.2) is 17.5 Å². The molecule has 0 unspecified atom stereocenters. The number of fused-ring (bicyclic) bond motifs is 4. The third kappa shape index (κ3) is 4.05. The van der Waals surface area contributed by atoms with Crippen molar-refractivity contribution in [3.8, 4) is 5.69 Å². The number of anilines is 2. The maximum absolute atomic E-state index is 5.32. The van der Waals surface area contributed by atoms with E-state index in [2.05, 4.69) is 120 Å². The number of rotatable bonds is 3. The highest BCUT2D eigenvalue weighted by Crippen LogP contribution is 2.48. The van der Waals surface area contributed by atoms with Crippen LogP contribution >= 0.6 is 15.9 Å². The molecule has 0 saturated heterocycles. The number of benzene rings is 4. The van der Waals surface area contributed by atoms with Gasteiger partial charge in [-0.1, -0.05) is 76.1 Å². The molecule has 0 amide bonds. The molecule has 196 valence electrons. The highest BCUT2D eigenvalue weighted by molar-refractivity contribution is 9.10. The van der Waals surface area contributed by atoms with Gasteiger partial charge in [0, 0.05) is 10.0 Å². The molecule has 2 aliphatic heterocycles. The van der Waals surface area contributed by atoms with E-state index < -0.39 is 0 Å². The van der Waals surface area contributed by atoms with E-state index in [1.165, 1.54) is 5.56 Å². The third-order valence-corrected chi connectivity index (χ3v) is 7.92. The van der Waals surface area contributed by atoms with Crippen LogP contribution in [-0.2, 0) is 0 Å². The van der Waals surface area contributed by atoms with Crippen molar-refractivity contribution in [2.45, 2.75) is 26.8 Å². The van der Waals surface area contributed by atoms with Gasteiger partial charge in [0.25, 0.3) is 0 Å². The van der Waals surface area contributed by atoms with Crippen LogP contribution in [0.5, 0.6) is 0 Å². The van der Waals surface area contributed by atoms with E-state index in [9.17, 15) is 0 Å². The lowest BCUT2D eigenvalue weighted by Gasteiger charge is -2.42. The molecule has 7 rings (SSSR count). The Balaban J connectivity index is 1.54. The predicted octanol–water partition coefficient (Wildman–Crippen LogP) is 8.36. The highest BCUT2D eigenvalue weighted by atomic mass is 79.9. The first-order chi connectivity index (χ1) is 19.5. The quantitative estimate of drug-likeness (QED) is 0.231. The summed E-state index contributed by atoms with van der Waals surface area (Å²) in [7, 11) is 0. The van der Waals surface area contributed by atoms with Gasteiger partial charge in [0.05, 0.1) is 34.5 Å². The van der Waals surface area contributed by atoms with Gasteiger partial charge in [-0.15, -0.1) is 0 Å². The summed E-state index contributed by atoms with van der Waals surface area (Å²) in [5.41, 5.74) is 9.39. The summed E-state index contributed by atoms with van der Waals surface area (Å²) in [6, 6.07) is 33.2. The molecule has 6 nitrogen and oxygen atoms in total. The number of para-hydroxylation sites is 3. The molecule has 5 aromatic rings. The first-order valence-electron chi connectivity index (χ1n) is 13.3. The van der Waals surface area contributed by atoms with E-state index in [0.717, 1.165) is 61.3 Å². The van der Waals surface area contributed by atoms with E-state index >= 15 is 0 Å². The number of halogens is 1. The van der Waals surface area contributed by atoms with E-state index in [4.69, 9.17) is 15.1 Å². The number of hydrogen-bond donors (Lipinski definition) is 1. The minimum atomic E-state index is -0.162. The van der Waals surface area contributed by atoms with Gasteiger partial charge in [-0.2, -0.15) is 5.10 Å². The zero-order valence-electron chi connectivity index (χ0n) is 22.4. The summed E-state index contributed by atoms with van der Waals surface area (Å²) in [6.45, 7) is 6.27. The van der Waals surface area contributed by atoms with Crippen molar-refractivity contribution in [2.24, 2.45) is 9.98 Å². The van der Waals surface area contributed by atoms with Crippen LogP contribution in [0.25, 0.3) is 5.69 Å².